The van der Waals surface area contributed by atoms with Gasteiger partial charge in [0.1, 0.15) is 11.8 Å². The molecule has 29 heavy (non-hydrogen) atoms. The molecule has 7 heteroatoms. The van der Waals surface area contributed by atoms with Crippen molar-refractivity contribution in [2.45, 2.75) is 32.2 Å². The monoisotopic (exact) mass is 458 g/mol. The minimum Gasteiger partial charge on any atom is -0.497 e. The van der Waals surface area contributed by atoms with Gasteiger partial charge in [0.05, 0.1) is 19.2 Å². The van der Waals surface area contributed by atoms with Gasteiger partial charge < -0.3 is 9.64 Å². The summed E-state index contributed by atoms with van der Waals surface area (Å²) in [5.41, 5.74) is 1.55. The Bertz CT molecular complexity index is 896. The van der Waals surface area contributed by atoms with E-state index in [4.69, 9.17) is 4.74 Å². The second kappa shape index (κ2) is 9.22. The highest BCUT2D eigenvalue weighted by Crippen LogP contribution is 2.27. The Morgan fingerprint density at radius 1 is 1.14 bits per heavy atom. The van der Waals surface area contributed by atoms with Crippen molar-refractivity contribution >= 4 is 39.3 Å². The van der Waals surface area contributed by atoms with E-state index in [0.29, 0.717) is 18.7 Å². The van der Waals surface area contributed by atoms with Gasteiger partial charge in [-0.1, -0.05) is 35.0 Å². The number of nitrogens with zero attached hydrogens (tertiary/aromatic N) is 2. The van der Waals surface area contributed by atoms with E-state index >= 15 is 0 Å². The van der Waals surface area contributed by atoms with Gasteiger partial charge in [0.15, 0.2) is 0 Å². The summed E-state index contributed by atoms with van der Waals surface area (Å²) in [7, 11) is 1.61. The maximum Gasteiger partial charge on any atom is 0.257 e. The van der Waals surface area contributed by atoms with Crippen LogP contribution in [0.25, 0.3) is 0 Å². The summed E-state index contributed by atoms with van der Waals surface area (Å²) in [6.45, 7) is 2.13. The molecular formula is C22H23BrN2O4. The number of carbonyl (C=O) groups is 3. The Morgan fingerprint density at radius 3 is 2.38 bits per heavy atom. The first-order valence-electron chi connectivity index (χ1n) is 9.49. The van der Waals surface area contributed by atoms with Crippen LogP contribution in [0, 0.1) is 0 Å². The van der Waals surface area contributed by atoms with Crippen LogP contribution in [0.5, 0.6) is 5.75 Å². The van der Waals surface area contributed by atoms with Crippen LogP contribution in [0.4, 0.5) is 5.69 Å². The molecule has 1 aliphatic rings. The van der Waals surface area contributed by atoms with Crippen LogP contribution in [-0.4, -0.2) is 42.3 Å². The van der Waals surface area contributed by atoms with Gasteiger partial charge in [0, 0.05) is 17.4 Å². The van der Waals surface area contributed by atoms with Crippen molar-refractivity contribution in [1.29, 1.82) is 0 Å². The standard InChI is InChI=1S/C22H23BrN2O4/c1-3-20(26)24(13-12-15-4-10-18(29-2)11-5-15)19-14-21(27)25(22(19)28)17-8-6-16(23)7-9-17/h4-11,19H,3,12-14H2,1-2H3/t19-/m1/s1. The van der Waals surface area contributed by atoms with Crippen LogP contribution in [0.1, 0.15) is 25.3 Å². The molecule has 1 saturated heterocycles. The number of hydrogen-bond donors (Lipinski definition) is 0. The summed E-state index contributed by atoms with van der Waals surface area (Å²) in [6.07, 6.45) is 0.869. The number of methoxy groups -OCH3 is 1. The molecule has 0 spiro atoms. The van der Waals surface area contributed by atoms with E-state index < -0.39 is 6.04 Å². The Morgan fingerprint density at radius 2 is 1.79 bits per heavy atom. The second-order valence-electron chi connectivity index (χ2n) is 6.80. The highest BCUT2D eigenvalue weighted by molar-refractivity contribution is 9.10. The molecule has 152 valence electrons. The van der Waals surface area contributed by atoms with Crippen LogP contribution < -0.4 is 9.64 Å². The zero-order chi connectivity index (χ0) is 21.0. The number of benzene rings is 2. The second-order valence-corrected chi connectivity index (χ2v) is 7.72. The van der Waals surface area contributed by atoms with Gasteiger partial charge in [0.2, 0.25) is 11.8 Å². The molecule has 1 fully saturated rings. The van der Waals surface area contributed by atoms with Crippen molar-refractivity contribution in [2.24, 2.45) is 0 Å². The number of hydrogen-bond acceptors (Lipinski definition) is 4. The van der Waals surface area contributed by atoms with Gasteiger partial charge in [-0.3, -0.25) is 14.4 Å². The summed E-state index contributed by atoms with van der Waals surface area (Å²) in [6, 6.07) is 13.8. The number of carbonyl (C=O) groups excluding carboxylic acids is 3. The van der Waals surface area contributed by atoms with Crippen LogP contribution in [0.2, 0.25) is 0 Å². The van der Waals surface area contributed by atoms with Crippen molar-refractivity contribution in [3.05, 3.63) is 58.6 Å². The zero-order valence-corrected chi connectivity index (χ0v) is 18.0. The third kappa shape index (κ3) is 4.67. The van der Waals surface area contributed by atoms with E-state index in [1.807, 2.05) is 24.3 Å². The van der Waals surface area contributed by atoms with Gasteiger partial charge >= 0.3 is 0 Å². The molecule has 0 aliphatic carbocycles. The molecule has 0 bridgehead atoms. The largest absolute Gasteiger partial charge is 0.497 e. The molecule has 0 unspecified atom stereocenters. The Kier molecular flexibility index (Phi) is 6.69. The molecular weight excluding hydrogens is 436 g/mol. The lowest BCUT2D eigenvalue weighted by atomic mass is 10.1. The lowest BCUT2D eigenvalue weighted by Crippen LogP contribution is -2.46. The molecule has 6 nitrogen and oxygen atoms in total. The summed E-state index contributed by atoms with van der Waals surface area (Å²) in [4.78, 5) is 40.9. The summed E-state index contributed by atoms with van der Waals surface area (Å²) in [5, 5.41) is 0. The summed E-state index contributed by atoms with van der Waals surface area (Å²) >= 11 is 3.35. The first-order chi connectivity index (χ1) is 13.9. The number of ether oxygens (including phenoxy) is 1. The SMILES string of the molecule is CCC(=O)N(CCc1ccc(OC)cc1)[C@@H]1CC(=O)N(c2ccc(Br)cc2)C1=O. The summed E-state index contributed by atoms with van der Waals surface area (Å²) < 4.78 is 6.02. The van der Waals surface area contributed by atoms with E-state index in [0.717, 1.165) is 15.8 Å². The van der Waals surface area contributed by atoms with Crippen molar-refractivity contribution in [3.8, 4) is 5.75 Å². The number of anilines is 1. The average molecular weight is 459 g/mol. The molecule has 1 aliphatic heterocycles. The molecule has 0 N–H and O–H groups in total. The van der Waals surface area contributed by atoms with E-state index in [1.165, 1.54) is 4.90 Å². The minimum absolute atomic E-state index is 0.00322. The third-order valence-corrected chi connectivity index (χ3v) is 5.54. The first kappa shape index (κ1) is 21.0. The number of rotatable bonds is 7. The van der Waals surface area contributed by atoms with E-state index in [1.54, 1.807) is 43.2 Å². The van der Waals surface area contributed by atoms with Gasteiger partial charge in [-0.25, -0.2) is 4.90 Å². The minimum atomic E-state index is -0.767. The first-order valence-corrected chi connectivity index (χ1v) is 10.3. The number of imide groups is 1. The number of halogens is 1. The molecule has 0 aromatic heterocycles. The van der Waals surface area contributed by atoms with Crippen LogP contribution in [-0.2, 0) is 20.8 Å². The van der Waals surface area contributed by atoms with Gasteiger partial charge in [-0.05, 0) is 48.4 Å². The van der Waals surface area contributed by atoms with Crippen LogP contribution in [0.15, 0.2) is 53.0 Å². The molecule has 3 rings (SSSR count). The van der Waals surface area contributed by atoms with E-state index in [9.17, 15) is 14.4 Å². The topological polar surface area (TPSA) is 66.9 Å². The van der Waals surface area contributed by atoms with Crippen molar-refractivity contribution < 1.29 is 19.1 Å². The Labute approximate surface area is 178 Å². The average Bonchev–Trinajstić information content (AvgIpc) is 3.03. The normalized spacial score (nSPS) is 16.2. The Hall–Kier alpha value is -2.67. The lowest BCUT2D eigenvalue weighted by molar-refractivity contribution is -0.138. The molecule has 0 saturated carbocycles. The predicted molar refractivity (Wildman–Crippen MR) is 114 cm³/mol. The molecule has 1 atom stereocenters. The fourth-order valence-electron chi connectivity index (χ4n) is 3.42. The zero-order valence-electron chi connectivity index (χ0n) is 16.4. The maximum absolute atomic E-state index is 13.0. The fourth-order valence-corrected chi connectivity index (χ4v) is 3.68. The Balaban J connectivity index is 1.77. The molecule has 3 amide bonds. The van der Waals surface area contributed by atoms with Crippen molar-refractivity contribution in [2.75, 3.05) is 18.6 Å². The van der Waals surface area contributed by atoms with Gasteiger partial charge in [-0.15, -0.1) is 0 Å². The predicted octanol–water partition coefficient (Wildman–Crippen LogP) is 3.57. The highest BCUT2D eigenvalue weighted by Gasteiger charge is 2.43. The van der Waals surface area contributed by atoms with E-state index in [2.05, 4.69) is 15.9 Å². The lowest BCUT2D eigenvalue weighted by Gasteiger charge is -2.27. The van der Waals surface area contributed by atoms with Gasteiger partial charge in [0.25, 0.3) is 5.91 Å². The van der Waals surface area contributed by atoms with E-state index in [-0.39, 0.29) is 30.6 Å². The quantitative estimate of drug-likeness (QED) is 0.594. The van der Waals surface area contributed by atoms with Crippen LogP contribution >= 0.6 is 15.9 Å². The number of amides is 3. The molecule has 0 radical (unpaired) electrons. The molecule has 2 aromatic rings. The van der Waals surface area contributed by atoms with Crippen molar-refractivity contribution in [3.63, 3.8) is 0 Å². The smallest absolute Gasteiger partial charge is 0.257 e. The van der Waals surface area contributed by atoms with Gasteiger partial charge in [-0.2, -0.15) is 0 Å². The van der Waals surface area contributed by atoms with Crippen molar-refractivity contribution in [1.82, 2.24) is 4.90 Å². The summed E-state index contributed by atoms with van der Waals surface area (Å²) in [5.74, 6) is -0.0196. The molecule has 2 aromatic carbocycles. The highest BCUT2D eigenvalue weighted by atomic mass is 79.9. The maximum atomic E-state index is 13.0. The van der Waals surface area contributed by atoms with Crippen LogP contribution in [0.3, 0.4) is 0 Å². The third-order valence-electron chi connectivity index (χ3n) is 5.01. The fraction of sp³-hybridized carbons (Fsp3) is 0.318. The molecule has 1 heterocycles.